The molecule has 8 heteroatoms. The molecule has 0 amide bonds. The first-order chi connectivity index (χ1) is 12.1. The van der Waals surface area contributed by atoms with Crippen molar-refractivity contribution in [3.8, 4) is 0 Å². The van der Waals surface area contributed by atoms with E-state index in [4.69, 9.17) is 28.6 Å². The average molecular weight is 396 g/mol. The summed E-state index contributed by atoms with van der Waals surface area (Å²) in [4.78, 5) is 19.1. The predicted octanol–water partition coefficient (Wildman–Crippen LogP) is 3.72. The van der Waals surface area contributed by atoms with Crippen LogP contribution in [0.25, 0.3) is 0 Å². The molecule has 0 aliphatic carbocycles. The quantitative estimate of drug-likeness (QED) is 0.594. The summed E-state index contributed by atoms with van der Waals surface area (Å²) >= 11 is 13.2. The van der Waals surface area contributed by atoms with Crippen molar-refractivity contribution in [1.82, 2.24) is 15.2 Å². The van der Waals surface area contributed by atoms with Crippen LogP contribution in [0, 0.1) is 0 Å². The summed E-state index contributed by atoms with van der Waals surface area (Å²) in [6, 6.07) is 9.70. The Hall–Kier alpha value is -1.70. The van der Waals surface area contributed by atoms with E-state index >= 15 is 0 Å². The third-order valence-corrected chi connectivity index (χ3v) is 5.75. The van der Waals surface area contributed by atoms with Gasteiger partial charge in [0.05, 0.1) is 29.2 Å². The normalized spacial score (nSPS) is 19.8. The van der Waals surface area contributed by atoms with Crippen LogP contribution in [0.1, 0.15) is 35.5 Å². The van der Waals surface area contributed by atoms with Crippen molar-refractivity contribution >= 4 is 46.2 Å². The van der Waals surface area contributed by atoms with Gasteiger partial charge in [0, 0.05) is 24.0 Å². The number of rotatable bonds is 6. The van der Waals surface area contributed by atoms with Gasteiger partial charge < -0.3 is 15.0 Å². The molecule has 3 rings (SSSR count). The lowest BCUT2D eigenvalue weighted by Gasteiger charge is -2.26. The average Bonchev–Trinajstić information content (AvgIpc) is 3.19. The largest absolute Gasteiger partial charge is 0.469 e. The number of nitrogens with zero attached hydrogens (tertiary/aromatic N) is 2. The minimum Gasteiger partial charge on any atom is -0.469 e. The number of halogens is 1. The van der Waals surface area contributed by atoms with Crippen molar-refractivity contribution in [1.29, 1.82) is 0 Å². The molecule has 1 aliphatic heterocycles. The van der Waals surface area contributed by atoms with Crippen molar-refractivity contribution in [2.45, 2.75) is 24.9 Å². The number of aromatic nitrogens is 1. The van der Waals surface area contributed by atoms with E-state index in [1.165, 1.54) is 18.4 Å². The Bertz CT molecular complexity index is 753. The zero-order chi connectivity index (χ0) is 17.8. The fraction of sp³-hybridized carbons (Fsp3) is 0.353. The SMILES string of the molecule is COC(=O)CCCN1C(=S)N[C@@H](c2ccccn2)[C@@H]1c1ccc(Cl)s1. The summed E-state index contributed by atoms with van der Waals surface area (Å²) in [7, 11) is 1.40. The van der Waals surface area contributed by atoms with Gasteiger partial charge >= 0.3 is 5.97 Å². The van der Waals surface area contributed by atoms with Crippen molar-refractivity contribution in [2.24, 2.45) is 0 Å². The summed E-state index contributed by atoms with van der Waals surface area (Å²) < 4.78 is 5.45. The third-order valence-electron chi connectivity index (χ3n) is 4.09. The molecular formula is C17H18ClN3O2S2. The van der Waals surface area contributed by atoms with Gasteiger partial charge in [0.2, 0.25) is 0 Å². The number of thiophene rings is 1. The number of carbonyl (C=O) groups is 1. The summed E-state index contributed by atoms with van der Waals surface area (Å²) in [5, 5.41) is 4.03. The molecule has 25 heavy (non-hydrogen) atoms. The summed E-state index contributed by atoms with van der Waals surface area (Å²) in [6.45, 7) is 0.657. The fourth-order valence-electron chi connectivity index (χ4n) is 2.94. The van der Waals surface area contributed by atoms with Crippen LogP contribution in [0.3, 0.4) is 0 Å². The van der Waals surface area contributed by atoms with E-state index in [0.717, 1.165) is 14.9 Å². The second-order valence-corrected chi connectivity index (χ2v) is 7.77. The summed E-state index contributed by atoms with van der Waals surface area (Å²) in [5.74, 6) is -0.213. The molecule has 2 aromatic rings. The second kappa shape index (κ2) is 8.12. The Kier molecular flexibility index (Phi) is 5.88. The minimum atomic E-state index is -0.213. The highest BCUT2D eigenvalue weighted by Crippen LogP contribution is 2.42. The van der Waals surface area contributed by atoms with Gasteiger partial charge in [0.25, 0.3) is 0 Å². The molecule has 2 atom stereocenters. The van der Waals surface area contributed by atoms with Gasteiger partial charge in [-0.3, -0.25) is 9.78 Å². The minimum absolute atomic E-state index is 0.00227. The fourth-order valence-corrected chi connectivity index (χ4v) is 4.48. The van der Waals surface area contributed by atoms with Crippen molar-refractivity contribution in [2.75, 3.05) is 13.7 Å². The number of esters is 1. The van der Waals surface area contributed by atoms with Gasteiger partial charge in [0.15, 0.2) is 5.11 Å². The Balaban J connectivity index is 1.85. The molecule has 1 N–H and O–H groups in total. The Labute approximate surface area is 161 Å². The van der Waals surface area contributed by atoms with Crippen LogP contribution in [0.5, 0.6) is 0 Å². The van der Waals surface area contributed by atoms with Gasteiger partial charge in [-0.15, -0.1) is 11.3 Å². The summed E-state index contributed by atoms with van der Waals surface area (Å²) in [5.41, 5.74) is 0.926. The smallest absolute Gasteiger partial charge is 0.305 e. The van der Waals surface area contributed by atoms with Crippen LogP contribution in [-0.4, -0.2) is 34.6 Å². The van der Waals surface area contributed by atoms with Crippen molar-refractivity contribution in [3.05, 3.63) is 51.4 Å². The maximum Gasteiger partial charge on any atom is 0.305 e. The molecule has 3 heterocycles. The van der Waals surface area contributed by atoms with Crippen LogP contribution in [0.15, 0.2) is 36.5 Å². The van der Waals surface area contributed by atoms with E-state index in [1.807, 2.05) is 30.3 Å². The van der Waals surface area contributed by atoms with E-state index in [9.17, 15) is 4.79 Å². The van der Waals surface area contributed by atoms with Crippen molar-refractivity contribution in [3.63, 3.8) is 0 Å². The first-order valence-corrected chi connectivity index (χ1v) is 9.50. The number of nitrogens with one attached hydrogen (secondary N) is 1. The molecule has 0 unspecified atom stereocenters. The Morgan fingerprint density at radius 2 is 2.28 bits per heavy atom. The van der Waals surface area contributed by atoms with Gasteiger partial charge in [-0.25, -0.2) is 0 Å². The van der Waals surface area contributed by atoms with E-state index in [2.05, 4.69) is 15.2 Å². The highest BCUT2D eigenvalue weighted by Gasteiger charge is 2.40. The van der Waals surface area contributed by atoms with Gasteiger partial charge in [0.1, 0.15) is 0 Å². The maximum absolute atomic E-state index is 11.4. The zero-order valence-corrected chi connectivity index (χ0v) is 16.0. The Morgan fingerprint density at radius 3 is 2.92 bits per heavy atom. The van der Waals surface area contributed by atoms with E-state index < -0.39 is 0 Å². The third kappa shape index (κ3) is 4.11. The maximum atomic E-state index is 11.4. The molecule has 1 saturated heterocycles. The first kappa shape index (κ1) is 18.1. The van der Waals surface area contributed by atoms with Crippen LogP contribution >= 0.6 is 35.2 Å². The second-order valence-electron chi connectivity index (χ2n) is 5.64. The standard InChI is InChI=1S/C17H18ClN3O2S2/c1-23-14(22)6-4-10-21-16(12-7-8-13(18)25-12)15(20-17(21)24)11-5-2-3-9-19-11/h2-3,5,7-9,15-16H,4,6,10H2,1H3,(H,20,24)/t15-,16-/m0/s1. The highest BCUT2D eigenvalue weighted by atomic mass is 35.5. The molecule has 5 nitrogen and oxygen atoms in total. The lowest BCUT2D eigenvalue weighted by Crippen LogP contribution is -2.30. The molecule has 1 aliphatic rings. The van der Waals surface area contributed by atoms with Crippen LogP contribution < -0.4 is 5.32 Å². The predicted molar refractivity (Wildman–Crippen MR) is 103 cm³/mol. The van der Waals surface area contributed by atoms with Crippen LogP contribution in [0.2, 0.25) is 4.34 Å². The van der Waals surface area contributed by atoms with E-state index in [-0.39, 0.29) is 18.1 Å². The molecule has 0 spiro atoms. The highest BCUT2D eigenvalue weighted by molar-refractivity contribution is 7.80. The van der Waals surface area contributed by atoms with E-state index in [1.54, 1.807) is 6.20 Å². The summed E-state index contributed by atoms with van der Waals surface area (Å²) in [6.07, 6.45) is 2.80. The van der Waals surface area contributed by atoms with Crippen LogP contribution in [-0.2, 0) is 9.53 Å². The number of thiocarbonyl (C=S) groups is 1. The molecule has 0 bridgehead atoms. The topological polar surface area (TPSA) is 54.5 Å². The number of pyridine rings is 1. The molecule has 0 radical (unpaired) electrons. The first-order valence-electron chi connectivity index (χ1n) is 7.90. The lowest BCUT2D eigenvalue weighted by atomic mass is 10.0. The lowest BCUT2D eigenvalue weighted by molar-refractivity contribution is -0.140. The molecule has 1 fully saturated rings. The number of ether oxygens (including phenoxy) is 1. The van der Waals surface area contributed by atoms with Gasteiger partial charge in [-0.1, -0.05) is 17.7 Å². The molecule has 0 aromatic carbocycles. The monoisotopic (exact) mass is 395 g/mol. The Morgan fingerprint density at radius 1 is 1.44 bits per heavy atom. The van der Waals surface area contributed by atoms with Gasteiger partial charge in [-0.05, 0) is 42.9 Å². The van der Waals surface area contributed by atoms with Crippen molar-refractivity contribution < 1.29 is 9.53 Å². The molecule has 0 saturated carbocycles. The molecule has 132 valence electrons. The van der Waals surface area contributed by atoms with E-state index in [0.29, 0.717) is 24.5 Å². The molecule has 2 aromatic heterocycles. The number of carbonyl (C=O) groups excluding carboxylic acids is 1. The number of methoxy groups -OCH3 is 1. The number of hydrogen-bond acceptors (Lipinski definition) is 5. The molecular weight excluding hydrogens is 378 g/mol. The number of hydrogen-bond donors (Lipinski definition) is 1. The van der Waals surface area contributed by atoms with Gasteiger partial charge in [-0.2, -0.15) is 0 Å². The van der Waals surface area contributed by atoms with Crippen LogP contribution in [0.4, 0.5) is 0 Å². The zero-order valence-electron chi connectivity index (χ0n) is 13.6.